The van der Waals surface area contributed by atoms with Crippen LogP contribution >= 0.6 is 23.2 Å². The molecule has 1 aliphatic carbocycles. The van der Waals surface area contributed by atoms with Gasteiger partial charge in [0.15, 0.2) is 0 Å². The molecule has 0 radical (unpaired) electrons. The Bertz CT molecular complexity index is 373. The van der Waals surface area contributed by atoms with E-state index < -0.39 is 0 Å². The van der Waals surface area contributed by atoms with Gasteiger partial charge in [0.1, 0.15) is 11.0 Å². The molecule has 0 unspecified atom stereocenters. The summed E-state index contributed by atoms with van der Waals surface area (Å²) < 4.78 is 0. The molecule has 1 N–H and O–H groups in total. The fourth-order valence-corrected chi connectivity index (χ4v) is 1.76. The normalized spacial score (nSPS) is 15.9. The molecule has 0 aromatic carbocycles. The summed E-state index contributed by atoms with van der Waals surface area (Å²) in [4.78, 5) is 19.1. The second kappa shape index (κ2) is 4.33. The Morgan fingerprint density at radius 2 is 2.13 bits per heavy atom. The Morgan fingerprint density at radius 3 is 2.67 bits per heavy atom. The maximum absolute atomic E-state index is 11.6. The van der Waals surface area contributed by atoms with Crippen LogP contribution in [0.25, 0.3) is 0 Å². The molecule has 80 valence electrons. The summed E-state index contributed by atoms with van der Waals surface area (Å²) >= 11 is 11.3. The molecule has 0 aliphatic heterocycles. The van der Waals surface area contributed by atoms with Gasteiger partial charge in [0, 0.05) is 12.0 Å². The largest absolute Gasteiger partial charge is 0.310 e. The Hall–Kier alpha value is -0.870. The third-order valence-electron chi connectivity index (χ3n) is 2.39. The van der Waals surface area contributed by atoms with Gasteiger partial charge in [0.05, 0.1) is 0 Å². The average Bonchev–Trinajstić information content (AvgIpc) is 1.96. The topological polar surface area (TPSA) is 54.9 Å². The zero-order chi connectivity index (χ0) is 10.8. The summed E-state index contributed by atoms with van der Waals surface area (Å²) in [5, 5.41) is 2.92. The number of carbonyl (C=O) groups excluding carboxylic acids is 1. The highest BCUT2D eigenvalue weighted by Gasteiger charge is 2.25. The maximum atomic E-state index is 11.6. The summed E-state index contributed by atoms with van der Waals surface area (Å²) in [6.45, 7) is 0. The minimum Gasteiger partial charge on any atom is -0.310 e. The molecule has 6 heteroatoms. The third-order valence-corrected chi connectivity index (χ3v) is 2.76. The van der Waals surface area contributed by atoms with Gasteiger partial charge in [-0.05, 0) is 24.4 Å². The van der Waals surface area contributed by atoms with Crippen LogP contribution in [0.4, 0.5) is 5.82 Å². The van der Waals surface area contributed by atoms with E-state index in [4.69, 9.17) is 23.2 Å². The second-order valence-corrected chi connectivity index (χ2v) is 4.19. The van der Waals surface area contributed by atoms with Crippen LogP contribution in [-0.4, -0.2) is 15.9 Å². The van der Waals surface area contributed by atoms with E-state index in [0.29, 0.717) is 5.82 Å². The number of rotatable bonds is 2. The summed E-state index contributed by atoms with van der Waals surface area (Å²) in [5.74, 6) is 0.446. The fraction of sp³-hybridized carbons (Fsp3) is 0.444. The van der Waals surface area contributed by atoms with Gasteiger partial charge in [-0.2, -0.15) is 0 Å². The zero-order valence-electron chi connectivity index (χ0n) is 7.83. The fourth-order valence-electron chi connectivity index (χ4n) is 1.35. The van der Waals surface area contributed by atoms with Crippen molar-refractivity contribution in [3.8, 4) is 0 Å². The highest BCUT2D eigenvalue weighted by Crippen LogP contribution is 2.27. The average molecular weight is 246 g/mol. The third kappa shape index (κ3) is 2.58. The Morgan fingerprint density at radius 1 is 1.40 bits per heavy atom. The van der Waals surface area contributed by atoms with E-state index in [0.717, 1.165) is 19.3 Å². The van der Waals surface area contributed by atoms with E-state index in [2.05, 4.69) is 15.3 Å². The molecule has 1 saturated carbocycles. The van der Waals surface area contributed by atoms with Gasteiger partial charge in [-0.1, -0.05) is 18.0 Å². The van der Waals surface area contributed by atoms with Crippen molar-refractivity contribution in [2.24, 2.45) is 5.92 Å². The Kier molecular flexibility index (Phi) is 3.07. The van der Waals surface area contributed by atoms with Crippen LogP contribution in [0.5, 0.6) is 0 Å². The molecule has 0 atom stereocenters. The van der Waals surface area contributed by atoms with Gasteiger partial charge >= 0.3 is 0 Å². The molecule has 1 heterocycles. The molecule has 0 bridgehead atoms. The summed E-state index contributed by atoms with van der Waals surface area (Å²) in [6.07, 6.45) is 3.00. The smallest absolute Gasteiger partial charge is 0.228 e. The lowest BCUT2D eigenvalue weighted by Crippen LogP contribution is -2.28. The van der Waals surface area contributed by atoms with Gasteiger partial charge in [-0.3, -0.25) is 4.79 Å². The predicted molar refractivity (Wildman–Crippen MR) is 58.0 cm³/mol. The lowest BCUT2D eigenvalue weighted by molar-refractivity contribution is -0.122. The first-order chi connectivity index (χ1) is 7.15. The first-order valence-electron chi connectivity index (χ1n) is 4.66. The van der Waals surface area contributed by atoms with Crippen molar-refractivity contribution >= 4 is 34.9 Å². The minimum atomic E-state index is -0.0212. The van der Waals surface area contributed by atoms with E-state index in [-0.39, 0.29) is 22.3 Å². The highest BCUT2D eigenvalue weighted by molar-refractivity contribution is 6.32. The van der Waals surface area contributed by atoms with Crippen LogP contribution in [0.3, 0.4) is 0 Å². The van der Waals surface area contributed by atoms with Crippen LogP contribution in [0, 0.1) is 5.92 Å². The monoisotopic (exact) mass is 245 g/mol. The number of amides is 1. The number of anilines is 1. The number of halogens is 2. The van der Waals surface area contributed by atoms with Crippen molar-refractivity contribution in [2.45, 2.75) is 19.3 Å². The van der Waals surface area contributed by atoms with E-state index >= 15 is 0 Å². The molecule has 1 amide bonds. The Balaban J connectivity index is 2.06. The molecule has 0 saturated heterocycles. The van der Waals surface area contributed by atoms with Crippen molar-refractivity contribution in [2.75, 3.05) is 5.32 Å². The molecular formula is C9H9Cl2N3O. The first-order valence-corrected chi connectivity index (χ1v) is 5.41. The summed E-state index contributed by atoms with van der Waals surface area (Å²) in [6, 6.07) is 1.48. The Labute approximate surface area is 97.0 Å². The molecule has 1 aromatic heterocycles. The van der Waals surface area contributed by atoms with Crippen LogP contribution in [0.1, 0.15) is 19.3 Å². The number of hydrogen-bond donors (Lipinski definition) is 1. The number of carbonyl (C=O) groups is 1. The van der Waals surface area contributed by atoms with Crippen LogP contribution in [0.15, 0.2) is 6.07 Å². The van der Waals surface area contributed by atoms with Gasteiger partial charge in [-0.25, -0.2) is 9.97 Å². The molecule has 2 rings (SSSR count). The van der Waals surface area contributed by atoms with Crippen LogP contribution < -0.4 is 5.32 Å². The van der Waals surface area contributed by atoms with E-state index in [1.165, 1.54) is 6.07 Å². The van der Waals surface area contributed by atoms with Crippen LogP contribution in [-0.2, 0) is 4.79 Å². The number of aromatic nitrogens is 2. The molecule has 0 spiro atoms. The minimum absolute atomic E-state index is 0.0212. The molecule has 15 heavy (non-hydrogen) atoms. The quantitative estimate of drug-likeness (QED) is 0.644. The standard InChI is InChI=1S/C9H9Cl2N3O/c10-6-4-7(14-9(11)12-6)13-8(15)5-2-1-3-5/h4-5H,1-3H2,(H,12,13,14,15). The van der Waals surface area contributed by atoms with Crippen molar-refractivity contribution in [3.05, 3.63) is 16.5 Å². The highest BCUT2D eigenvalue weighted by atomic mass is 35.5. The zero-order valence-corrected chi connectivity index (χ0v) is 9.35. The second-order valence-electron chi connectivity index (χ2n) is 3.46. The predicted octanol–water partition coefficient (Wildman–Crippen LogP) is 2.52. The molecule has 4 nitrogen and oxygen atoms in total. The summed E-state index contributed by atoms with van der Waals surface area (Å²) in [7, 11) is 0. The molecular weight excluding hydrogens is 237 g/mol. The van der Waals surface area contributed by atoms with Gasteiger partial charge in [0.25, 0.3) is 0 Å². The van der Waals surface area contributed by atoms with Crippen molar-refractivity contribution in [1.29, 1.82) is 0 Å². The van der Waals surface area contributed by atoms with Crippen LogP contribution in [0.2, 0.25) is 10.4 Å². The number of nitrogens with one attached hydrogen (secondary N) is 1. The lowest BCUT2D eigenvalue weighted by atomic mass is 9.85. The lowest BCUT2D eigenvalue weighted by Gasteiger charge is -2.23. The van der Waals surface area contributed by atoms with E-state index in [9.17, 15) is 4.79 Å². The van der Waals surface area contributed by atoms with E-state index in [1.54, 1.807) is 0 Å². The maximum Gasteiger partial charge on any atom is 0.228 e. The van der Waals surface area contributed by atoms with Gasteiger partial charge < -0.3 is 5.32 Å². The molecule has 1 aromatic rings. The number of hydrogen-bond acceptors (Lipinski definition) is 3. The molecule has 1 aliphatic rings. The molecule has 1 fully saturated rings. The van der Waals surface area contributed by atoms with Crippen molar-refractivity contribution in [3.63, 3.8) is 0 Å². The number of nitrogens with zero attached hydrogens (tertiary/aromatic N) is 2. The van der Waals surface area contributed by atoms with Crippen molar-refractivity contribution < 1.29 is 4.79 Å². The van der Waals surface area contributed by atoms with Gasteiger partial charge in [0.2, 0.25) is 11.2 Å². The summed E-state index contributed by atoms with van der Waals surface area (Å²) in [5.41, 5.74) is 0. The SMILES string of the molecule is O=C(Nc1cc(Cl)nc(Cl)n1)C1CCC1. The van der Waals surface area contributed by atoms with Crippen molar-refractivity contribution in [1.82, 2.24) is 9.97 Å². The van der Waals surface area contributed by atoms with Gasteiger partial charge in [-0.15, -0.1) is 0 Å². The van der Waals surface area contributed by atoms with E-state index in [1.807, 2.05) is 0 Å². The first kappa shape index (κ1) is 10.6.